The van der Waals surface area contributed by atoms with Gasteiger partial charge in [0.15, 0.2) is 5.11 Å². The molecule has 1 aromatic rings. The van der Waals surface area contributed by atoms with E-state index in [1.165, 1.54) is 7.11 Å². The van der Waals surface area contributed by atoms with E-state index in [2.05, 4.69) is 10.6 Å². The summed E-state index contributed by atoms with van der Waals surface area (Å²) in [7, 11) is 1.34. The van der Waals surface area contributed by atoms with E-state index in [1.807, 2.05) is 20.8 Å². The molecule has 1 atom stereocenters. The molecule has 1 heterocycles. The first-order chi connectivity index (χ1) is 11.9. The van der Waals surface area contributed by atoms with Crippen molar-refractivity contribution in [2.45, 2.75) is 26.8 Å². The van der Waals surface area contributed by atoms with Crippen molar-refractivity contribution < 1.29 is 14.3 Å². The van der Waals surface area contributed by atoms with Crippen LogP contribution in [0.4, 0.5) is 0 Å². The molecule has 7 heteroatoms. The lowest BCUT2D eigenvalue weighted by molar-refractivity contribution is -0.127. The first-order valence-corrected chi connectivity index (χ1v) is 8.59. The van der Waals surface area contributed by atoms with Crippen LogP contribution in [0, 0.1) is 0 Å². The minimum Gasteiger partial charge on any atom is -0.465 e. The number of likely N-dealkylation sites (N-methyl/N-ethyl adjacent to an activating group) is 1. The summed E-state index contributed by atoms with van der Waals surface area (Å²) in [6.07, 6.45) is 0. The minimum atomic E-state index is -0.397. The Kier molecular flexibility index (Phi) is 6.14. The zero-order valence-corrected chi connectivity index (χ0v) is 15.7. The molecule has 2 N–H and O–H groups in total. The molecule has 0 radical (unpaired) electrons. The number of carbonyl (C=O) groups is 2. The zero-order chi connectivity index (χ0) is 18.6. The Labute approximate surface area is 153 Å². The number of esters is 1. The maximum atomic E-state index is 13.0. The molecule has 0 saturated heterocycles. The lowest BCUT2D eigenvalue weighted by atomic mass is 9.94. The summed E-state index contributed by atoms with van der Waals surface area (Å²) >= 11 is 5.25. The number of benzene rings is 1. The van der Waals surface area contributed by atoms with Gasteiger partial charge in [-0.25, -0.2) is 4.79 Å². The van der Waals surface area contributed by atoms with Gasteiger partial charge in [0.1, 0.15) is 0 Å². The smallest absolute Gasteiger partial charge is 0.337 e. The van der Waals surface area contributed by atoms with Crippen LogP contribution in [0.5, 0.6) is 0 Å². The highest BCUT2D eigenvalue weighted by Crippen LogP contribution is 2.28. The number of allylic oxidation sites excluding steroid dienone is 1. The fourth-order valence-corrected chi connectivity index (χ4v) is 3.11. The number of nitrogens with zero attached hydrogens (tertiary/aromatic N) is 1. The summed E-state index contributed by atoms with van der Waals surface area (Å²) < 4.78 is 4.72. The Balaban J connectivity index is 2.42. The van der Waals surface area contributed by atoms with E-state index in [1.54, 1.807) is 29.2 Å². The third-order valence-electron chi connectivity index (χ3n) is 4.22. The number of amides is 1. The summed E-state index contributed by atoms with van der Waals surface area (Å²) in [5, 5.41) is 6.66. The lowest BCUT2D eigenvalue weighted by Crippen LogP contribution is -2.47. The van der Waals surface area contributed by atoms with Crippen LogP contribution in [-0.4, -0.2) is 42.1 Å². The third kappa shape index (κ3) is 3.99. The van der Waals surface area contributed by atoms with Crippen molar-refractivity contribution in [3.8, 4) is 0 Å². The Hall–Kier alpha value is -2.41. The molecular weight excluding hydrogens is 338 g/mol. The van der Waals surface area contributed by atoms with Gasteiger partial charge in [-0.1, -0.05) is 12.1 Å². The van der Waals surface area contributed by atoms with Crippen LogP contribution in [0.2, 0.25) is 0 Å². The molecule has 25 heavy (non-hydrogen) atoms. The third-order valence-corrected chi connectivity index (χ3v) is 4.44. The number of hydrogen-bond donors (Lipinski definition) is 2. The molecular formula is C18H23N3O3S. The first kappa shape index (κ1) is 18.9. The topological polar surface area (TPSA) is 70.7 Å². The Morgan fingerprint density at radius 1 is 1.20 bits per heavy atom. The number of nitrogens with one attached hydrogen (secondary N) is 2. The van der Waals surface area contributed by atoms with Crippen LogP contribution in [0.3, 0.4) is 0 Å². The first-order valence-electron chi connectivity index (χ1n) is 8.18. The highest BCUT2D eigenvalue weighted by molar-refractivity contribution is 7.80. The molecule has 1 aliphatic rings. The fraction of sp³-hybridized carbons (Fsp3) is 0.389. The summed E-state index contributed by atoms with van der Waals surface area (Å²) in [6.45, 7) is 7.01. The van der Waals surface area contributed by atoms with Crippen LogP contribution >= 0.6 is 12.2 Å². The number of hydrogen-bond acceptors (Lipinski definition) is 4. The van der Waals surface area contributed by atoms with E-state index < -0.39 is 5.97 Å². The number of thiocarbonyl (C=S) groups is 1. The summed E-state index contributed by atoms with van der Waals surface area (Å²) in [4.78, 5) is 26.3. The molecule has 1 unspecified atom stereocenters. The highest BCUT2D eigenvalue weighted by Gasteiger charge is 2.31. The standard InChI is InChI=1S/C18H23N3O3S/c1-5-21(6-2)16(22)14-11(3)19-18(25)20-15(14)12-7-9-13(10-8-12)17(23)24-4/h7-10,15H,5-6H2,1-4H3,(H2,19,20,25). The molecule has 0 aliphatic carbocycles. The average molecular weight is 361 g/mol. The van der Waals surface area contributed by atoms with E-state index in [0.717, 1.165) is 11.3 Å². The maximum absolute atomic E-state index is 13.0. The molecule has 0 aromatic heterocycles. The normalized spacial score (nSPS) is 16.8. The van der Waals surface area contributed by atoms with Crippen molar-refractivity contribution in [3.63, 3.8) is 0 Å². The van der Waals surface area contributed by atoms with Gasteiger partial charge in [0.25, 0.3) is 5.91 Å². The van der Waals surface area contributed by atoms with Gasteiger partial charge in [0.2, 0.25) is 0 Å². The lowest BCUT2D eigenvalue weighted by Gasteiger charge is -2.33. The second-order valence-corrected chi connectivity index (χ2v) is 6.07. The quantitative estimate of drug-likeness (QED) is 0.618. The van der Waals surface area contributed by atoms with E-state index in [0.29, 0.717) is 29.3 Å². The van der Waals surface area contributed by atoms with Crippen molar-refractivity contribution in [1.29, 1.82) is 0 Å². The van der Waals surface area contributed by atoms with Crippen LogP contribution in [0.25, 0.3) is 0 Å². The average Bonchev–Trinajstić information content (AvgIpc) is 2.61. The number of carbonyl (C=O) groups excluding carboxylic acids is 2. The SMILES string of the molecule is CCN(CC)C(=O)C1=C(C)NC(=S)NC1c1ccc(C(=O)OC)cc1. The molecule has 1 aromatic carbocycles. The number of ether oxygens (including phenoxy) is 1. The molecule has 0 fully saturated rings. The summed E-state index contributed by atoms with van der Waals surface area (Å²) in [5.41, 5.74) is 2.68. The number of rotatable bonds is 5. The van der Waals surface area contributed by atoms with Crippen molar-refractivity contribution in [3.05, 3.63) is 46.7 Å². The van der Waals surface area contributed by atoms with E-state index in [9.17, 15) is 9.59 Å². The van der Waals surface area contributed by atoms with E-state index >= 15 is 0 Å². The van der Waals surface area contributed by atoms with Crippen molar-refractivity contribution >= 4 is 29.2 Å². The number of methoxy groups -OCH3 is 1. The van der Waals surface area contributed by atoms with Gasteiger partial charge in [-0.3, -0.25) is 4.79 Å². The van der Waals surface area contributed by atoms with E-state index in [-0.39, 0.29) is 11.9 Å². The largest absolute Gasteiger partial charge is 0.465 e. The monoisotopic (exact) mass is 361 g/mol. The fourth-order valence-electron chi connectivity index (χ4n) is 2.84. The molecule has 134 valence electrons. The van der Waals surface area contributed by atoms with Gasteiger partial charge in [-0.15, -0.1) is 0 Å². The predicted octanol–water partition coefficient (Wildman–Crippen LogP) is 2.13. The molecule has 1 aliphatic heterocycles. The summed E-state index contributed by atoms with van der Waals surface area (Å²) in [6, 6.07) is 6.61. The Morgan fingerprint density at radius 2 is 1.80 bits per heavy atom. The molecule has 1 amide bonds. The minimum absolute atomic E-state index is 0.0351. The van der Waals surface area contributed by atoms with Gasteiger partial charge in [0.05, 0.1) is 24.3 Å². The highest BCUT2D eigenvalue weighted by atomic mass is 32.1. The molecule has 2 rings (SSSR count). The second kappa shape index (κ2) is 8.11. The van der Waals surface area contributed by atoms with Crippen molar-refractivity contribution in [2.24, 2.45) is 0 Å². The van der Waals surface area contributed by atoms with Crippen LogP contribution < -0.4 is 10.6 Å². The van der Waals surface area contributed by atoms with Crippen LogP contribution in [0.15, 0.2) is 35.5 Å². The molecule has 0 saturated carbocycles. The van der Waals surface area contributed by atoms with Crippen molar-refractivity contribution in [1.82, 2.24) is 15.5 Å². The summed E-state index contributed by atoms with van der Waals surface area (Å²) in [5.74, 6) is -0.432. The van der Waals surface area contributed by atoms with Crippen LogP contribution in [0.1, 0.15) is 42.7 Å². The van der Waals surface area contributed by atoms with E-state index in [4.69, 9.17) is 17.0 Å². The maximum Gasteiger partial charge on any atom is 0.337 e. The van der Waals surface area contributed by atoms with Gasteiger partial charge < -0.3 is 20.3 Å². The van der Waals surface area contributed by atoms with Gasteiger partial charge in [-0.2, -0.15) is 0 Å². The zero-order valence-electron chi connectivity index (χ0n) is 14.9. The van der Waals surface area contributed by atoms with Crippen molar-refractivity contribution in [2.75, 3.05) is 20.2 Å². The molecule has 0 spiro atoms. The van der Waals surface area contributed by atoms with Crippen LogP contribution in [-0.2, 0) is 9.53 Å². The Bertz CT molecular complexity index is 709. The van der Waals surface area contributed by atoms with Gasteiger partial charge >= 0.3 is 5.97 Å². The Morgan fingerprint density at radius 3 is 2.32 bits per heavy atom. The predicted molar refractivity (Wildman–Crippen MR) is 100 cm³/mol. The van der Waals surface area contributed by atoms with Gasteiger partial charge in [0, 0.05) is 18.8 Å². The molecule has 0 bridgehead atoms. The van der Waals surface area contributed by atoms with Gasteiger partial charge in [-0.05, 0) is 50.7 Å². The molecule has 6 nitrogen and oxygen atoms in total. The second-order valence-electron chi connectivity index (χ2n) is 5.66.